The number of ether oxygens (including phenoxy) is 1. The third-order valence-corrected chi connectivity index (χ3v) is 2.60. The predicted molar refractivity (Wildman–Crippen MR) is 64.1 cm³/mol. The van der Waals surface area contributed by atoms with Crippen molar-refractivity contribution in [1.82, 2.24) is 0 Å². The van der Waals surface area contributed by atoms with Gasteiger partial charge in [0, 0.05) is 10.6 Å². The monoisotopic (exact) mass is 241 g/mol. The molecule has 88 valence electrons. The molecular formula is C12H16ClNO2. The molecule has 0 saturated carbocycles. The van der Waals surface area contributed by atoms with Gasteiger partial charge in [-0.3, -0.25) is 4.79 Å². The summed E-state index contributed by atoms with van der Waals surface area (Å²) in [6, 6.07) is 6.72. The van der Waals surface area contributed by atoms with Crippen molar-refractivity contribution in [3.63, 3.8) is 0 Å². The fraction of sp³-hybridized carbons (Fsp3) is 0.417. The lowest BCUT2D eigenvalue weighted by Gasteiger charge is -2.10. The second-order valence-corrected chi connectivity index (χ2v) is 4.00. The van der Waals surface area contributed by atoms with Crippen LogP contribution in [0.4, 0.5) is 0 Å². The summed E-state index contributed by atoms with van der Waals surface area (Å²) < 4.78 is 5.07. The Hall–Kier alpha value is -1.06. The zero-order chi connectivity index (χ0) is 12.0. The zero-order valence-corrected chi connectivity index (χ0v) is 10.0. The average Bonchev–Trinajstić information content (AvgIpc) is 2.28. The molecule has 1 aromatic carbocycles. The smallest absolute Gasteiger partial charge is 0.323 e. The minimum atomic E-state index is -0.535. The summed E-state index contributed by atoms with van der Waals surface area (Å²) in [5, 5.41) is 0.597. The Labute approximate surface area is 101 Å². The van der Waals surface area contributed by atoms with E-state index in [0.29, 0.717) is 11.4 Å². The Bertz CT molecular complexity index is 355. The van der Waals surface area contributed by atoms with E-state index in [-0.39, 0.29) is 12.6 Å². The molecule has 16 heavy (non-hydrogen) atoms. The van der Waals surface area contributed by atoms with Gasteiger partial charge in [-0.2, -0.15) is 0 Å². The minimum Gasteiger partial charge on any atom is -0.460 e. The lowest BCUT2D eigenvalue weighted by Crippen LogP contribution is -2.31. The lowest BCUT2D eigenvalue weighted by atomic mass is 10.2. The van der Waals surface area contributed by atoms with Crippen LogP contribution in [0.1, 0.15) is 25.3 Å². The van der Waals surface area contributed by atoms with Crippen molar-refractivity contribution >= 4 is 17.6 Å². The molecule has 0 bridgehead atoms. The highest BCUT2D eigenvalue weighted by Gasteiger charge is 2.14. The molecule has 0 heterocycles. The zero-order valence-electron chi connectivity index (χ0n) is 9.28. The second-order valence-electron chi connectivity index (χ2n) is 3.59. The van der Waals surface area contributed by atoms with E-state index in [4.69, 9.17) is 22.1 Å². The molecule has 4 heteroatoms. The van der Waals surface area contributed by atoms with E-state index in [0.717, 1.165) is 12.0 Å². The third-order valence-electron chi connectivity index (χ3n) is 2.23. The van der Waals surface area contributed by atoms with Crippen LogP contribution in [-0.2, 0) is 16.1 Å². The summed E-state index contributed by atoms with van der Waals surface area (Å²) in [5.41, 5.74) is 6.42. The molecule has 0 aliphatic carbocycles. The van der Waals surface area contributed by atoms with Crippen molar-refractivity contribution in [2.75, 3.05) is 0 Å². The Kier molecular flexibility index (Phi) is 5.29. The second kappa shape index (κ2) is 6.51. The summed E-state index contributed by atoms with van der Waals surface area (Å²) in [7, 11) is 0. The topological polar surface area (TPSA) is 52.3 Å². The van der Waals surface area contributed by atoms with Gasteiger partial charge in [-0.1, -0.05) is 43.1 Å². The van der Waals surface area contributed by atoms with Gasteiger partial charge in [-0.25, -0.2) is 0 Å². The van der Waals surface area contributed by atoms with Gasteiger partial charge in [0.2, 0.25) is 0 Å². The van der Waals surface area contributed by atoms with E-state index < -0.39 is 6.04 Å². The number of carbonyl (C=O) groups excluding carboxylic acids is 1. The first kappa shape index (κ1) is 13.0. The average molecular weight is 242 g/mol. The van der Waals surface area contributed by atoms with Gasteiger partial charge in [-0.05, 0) is 12.5 Å². The maximum atomic E-state index is 11.4. The van der Waals surface area contributed by atoms with Crippen molar-refractivity contribution in [3.8, 4) is 0 Å². The summed E-state index contributed by atoms with van der Waals surface area (Å²) >= 11 is 5.93. The van der Waals surface area contributed by atoms with Crippen LogP contribution < -0.4 is 5.73 Å². The number of hydrogen-bond donors (Lipinski definition) is 1. The number of rotatable bonds is 5. The Morgan fingerprint density at radius 2 is 2.19 bits per heavy atom. The predicted octanol–water partition coefficient (Wildman–Crippen LogP) is 2.51. The van der Waals surface area contributed by atoms with Crippen molar-refractivity contribution in [3.05, 3.63) is 34.9 Å². The molecule has 0 amide bonds. The highest BCUT2D eigenvalue weighted by Crippen LogP contribution is 2.15. The van der Waals surface area contributed by atoms with Gasteiger partial charge in [0.25, 0.3) is 0 Å². The first-order valence-corrected chi connectivity index (χ1v) is 5.68. The highest BCUT2D eigenvalue weighted by molar-refractivity contribution is 6.31. The molecule has 0 spiro atoms. The van der Waals surface area contributed by atoms with E-state index in [1.54, 1.807) is 6.07 Å². The van der Waals surface area contributed by atoms with E-state index in [2.05, 4.69) is 0 Å². The van der Waals surface area contributed by atoms with Gasteiger partial charge < -0.3 is 10.5 Å². The highest BCUT2D eigenvalue weighted by atomic mass is 35.5. The molecule has 1 atom stereocenters. The van der Waals surface area contributed by atoms with Crippen molar-refractivity contribution in [2.45, 2.75) is 32.4 Å². The fourth-order valence-corrected chi connectivity index (χ4v) is 1.49. The molecule has 0 fully saturated rings. The van der Waals surface area contributed by atoms with Gasteiger partial charge in [0.1, 0.15) is 12.6 Å². The molecule has 0 saturated heterocycles. The van der Waals surface area contributed by atoms with E-state index >= 15 is 0 Å². The molecule has 0 unspecified atom stereocenters. The Morgan fingerprint density at radius 3 is 2.81 bits per heavy atom. The maximum absolute atomic E-state index is 11.4. The fourth-order valence-electron chi connectivity index (χ4n) is 1.30. The molecule has 1 rings (SSSR count). The lowest BCUT2D eigenvalue weighted by molar-refractivity contribution is -0.146. The summed E-state index contributed by atoms with van der Waals surface area (Å²) in [4.78, 5) is 11.4. The normalized spacial score (nSPS) is 12.2. The maximum Gasteiger partial charge on any atom is 0.323 e. The molecule has 0 aromatic heterocycles. The molecule has 0 aliphatic heterocycles. The third kappa shape index (κ3) is 3.83. The standard InChI is InChI=1S/C12H16ClNO2/c1-2-5-11(14)12(15)16-8-9-6-3-4-7-10(9)13/h3-4,6-7,11H,2,5,8,14H2,1H3/t11-/m1/s1. The molecule has 0 radical (unpaired) electrons. The van der Waals surface area contributed by atoms with Gasteiger partial charge in [0.05, 0.1) is 0 Å². The number of nitrogens with two attached hydrogens (primary N) is 1. The van der Waals surface area contributed by atoms with Crippen molar-refractivity contribution in [1.29, 1.82) is 0 Å². The van der Waals surface area contributed by atoms with Crippen LogP contribution >= 0.6 is 11.6 Å². The number of esters is 1. The SMILES string of the molecule is CCC[C@@H](N)C(=O)OCc1ccccc1Cl. The first-order valence-electron chi connectivity index (χ1n) is 5.30. The van der Waals surface area contributed by atoms with Crippen LogP contribution in [-0.4, -0.2) is 12.0 Å². The minimum absolute atomic E-state index is 0.177. The van der Waals surface area contributed by atoms with Crippen LogP contribution in [0.25, 0.3) is 0 Å². The quantitative estimate of drug-likeness (QED) is 0.806. The molecule has 2 N–H and O–H groups in total. The summed E-state index contributed by atoms with van der Waals surface area (Å²) in [6.07, 6.45) is 1.50. The van der Waals surface area contributed by atoms with Crippen LogP contribution in [0.15, 0.2) is 24.3 Å². The van der Waals surface area contributed by atoms with Crippen LogP contribution in [0.5, 0.6) is 0 Å². The van der Waals surface area contributed by atoms with Crippen LogP contribution in [0.3, 0.4) is 0 Å². The Balaban J connectivity index is 2.46. The summed E-state index contributed by atoms with van der Waals surface area (Å²) in [5.74, 6) is -0.373. The first-order chi connectivity index (χ1) is 7.65. The van der Waals surface area contributed by atoms with Gasteiger partial charge in [-0.15, -0.1) is 0 Å². The van der Waals surface area contributed by atoms with Crippen LogP contribution in [0, 0.1) is 0 Å². The number of carbonyl (C=O) groups is 1. The molecule has 0 aliphatic rings. The molecular weight excluding hydrogens is 226 g/mol. The van der Waals surface area contributed by atoms with Gasteiger partial charge >= 0.3 is 5.97 Å². The van der Waals surface area contributed by atoms with Crippen molar-refractivity contribution < 1.29 is 9.53 Å². The Morgan fingerprint density at radius 1 is 1.50 bits per heavy atom. The van der Waals surface area contributed by atoms with E-state index in [1.165, 1.54) is 0 Å². The van der Waals surface area contributed by atoms with E-state index in [9.17, 15) is 4.79 Å². The molecule has 3 nitrogen and oxygen atoms in total. The molecule has 1 aromatic rings. The largest absolute Gasteiger partial charge is 0.460 e. The summed E-state index contributed by atoms with van der Waals surface area (Å²) in [6.45, 7) is 2.15. The van der Waals surface area contributed by atoms with E-state index in [1.807, 2.05) is 25.1 Å². The van der Waals surface area contributed by atoms with Crippen LogP contribution in [0.2, 0.25) is 5.02 Å². The van der Waals surface area contributed by atoms with Gasteiger partial charge in [0.15, 0.2) is 0 Å². The van der Waals surface area contributed by atoms with Crippen molar-refractivity contribution in [2.24, 2.45) is 5.73 Å². The number of benzene rings is 1. The number of hydrogen-bond acceptors (Lipinski definition) is 3. The number of halogens is 1.